The fourth-order valence-electron chi connectivity index (χ4n) is 2.90. The van der Waals surface area contributed by atoms with Crippen molar-refractivity contribution in [1.82, 2.24) is 9.97 Å². The largest absolute Gasteiger partial charge is 0.367 e. The third-order valence-electron chi connectivity index (χ3n) is 3.89. The number of nitrogens with one attached hydrogen (secondary N) is 2. The van der Waals surface area contributed by atoms with E-state index in [-0.39, 0.29) is 0 Å². The fourth-order valence-corrected chi connectivity index (χ4v) is 2.90. The Morgan fingerprint density at radius 3 is 2.68 bits per heavy atom. The molecule has 5 nitrogen and oxygen atoms in total. The Balaban J connectivity index is 2.15. The number of aromatic nitrogens is 2. The van der Waals surface area contributed by atoms with Gasteiger partial charge in [-0.1, -0.05) is 27.2 Å². The van der Waals surface area contributed by atoms with E-state index in [1.165, 1.54) is 19.3 Å². The first-order chi connectivity index (χ1) is 9.05. The van der Waals surface area contributed by atoms with E-state index in [0.717, 1.165) is 30.0 Å². The van der Waals surface area contributed by atoms with Crippen molar-refractivity contribution in [2.24, 2.45) is 11.3 Å². The third kappa shape index (κ3) is 3.35. The Labute approximate surface area is 115 Å². The van der Waals surface area contributed by atoms with E-state index in [0.29, 0.717) is 11.5 Å². The van der Waals surface area contributed by atoms with E-state index >= 15 is 0 Å². The lowest BCUT2D eigenvalue weighted by molar-refractivity contribution is 0.378. The molecule has 1 aliphatic rings. The van der Waals surface area contributed by atoms with Crippen molar-refractivity contribution in [3.05, 3.63) is 11.9 Å². The van der Waals surface area contributed by atoms with Crippen LogP contribution in [0.15, 0.2) is 6.33 Å². The minimum absolute atomic E-state index is 0.435. The summed E-state index contributed by atoms with van der Waals surface area (Å²) in [5, 5.41) is 3.58. The lowest BCUT2D eigenvalue weighted by Gasteiger charge is -2.20. The minimum Gasteiger partial charge on any atom is -0.367 e. The number of rotatable bonds is 5. The molecular weight excluding hydrogens is 238 g/mol. The summed E-state index contributed by atoms with van der Waals surface area (Å²) < 4.78 is 0. The van der Waals surface area contributed by atoms with Gasteiger partial charge >= 0.3 is 0 Å². The second-order valence-corrected chi connectivity index (χ2v) is 6.19. The highest BCUT2D eigenvalue weighted by Crippen LogP contribution is 2.38. The Morgan fingerprint density at radius 2 is 2.11 bits per heavy atom. The van der Waals surface area contributed by atoms with Crippen LogP contribution in [0, 0.1) is 5.41 Å². The zero-order valence-corrected chi connectivity index (χ0v) is 12.2. The maximum Gasteiger partial charge on any atom is 0.148 e. The van der Waals surface area contributed by atoms with Crippen LogP contribution in [0.25, 0.3) is 0 Å². The summed E-state index contributed by atoms with van der Waals surface area (Å²) >= 11 is 0. The molecule has 106 valence electrons. The zero-order valence-electron chi connectivity index (χ0n) is 12.2. The SMILES string of the molecule is CCCc1c(NN)ncnc1NC1CCC(C)(C)C1. The standard InChI is InChI=1S/C14H25N5/c1-4-5-11-12(16-9-17-13(11)19-15)18-10-6-7-14(2,3)8-10/h9-10H,4-8,15H2,1-3H3,(H2,16,17,18,19). The molecule has 1 aromatic rings. The number of anilines is 2. The van der Waals surface area contributed by atoms with E-state index in [1.54, 1.807) is 6.33 Å². The number of nitrogen functional groups attached to an aromatic ring is 1. The van der Waals surface area contributed by atoms with Crippen LogP contribution >= 0.6 is 0 Å². The van der Waals surface area contributed by atoms with Crippen LogP contribution in [0.2, 0.25) is 0 Å². The van der Waals surface area contributed by atoms with Gasteiger partial charge in [0, 0.05) is 11.6 Å². The molecule has 1 fully saturated rings. The predicted octanol–water partition coefficient (Wildman–Crippen LogP) is 2.71. The zero-order chi connectivity index (χ0) is 13.9. The monoisotopic (exact) mass is 263 g/mol. The Hall–Kier alpha value is -1.36. The highest BCUT2D eigenvalue weighted by Gasteiger charge is 2.31. The molecule has 5 heteroatoms. The van der Waals surface area contributed by atoms with E-state index in [1.807, 2.05) is 0 Å². The lowest BCUT2D eigenvalue weighted by Crippen LogP contribution is -2.21. The average Bonchev–Trinajstić information content (AvgIpc) is 2.71. The normalized spacial score (nSPS) is 21.4. The third-order valence-corrected chi connectivity index (χ3v) is 3.89. The van der Waals surface area contributed by atoms with Crippen LogP contribution in [0.1, 0.15) is 52.0 Å². The Bertz CT molecular complexity index is 430. The minimum atomic E-state index is 0.435. The van der Waals surface area contributed by atoms with Crippen LogP contribution in [0.3, 0.4) is 0 Å². The molecule has 0 aromatic carbocycles. The summed E-state index contributed by atoms with van der Waals surface area (Å²) in [5.41, 5.74) is 4.20. The van der Waals surface area contributed by atoms with E-state index in [4.69, 9.17) is 5.84 Å². The molecular formula is C14H25N5. The molecule has 0 saturated heterocycles. The Morgan fingerprint density at radius 1 is 1.37 bits per heavy atom. The van der Waals surface area contributed by atoms with Crippen molar-refractivity contribution in [3.63, 3.8) is 0 Å². The molecule has 0 spiro atoms. The molecule has 1 saturated carbocycles. The van der Waals surface area contributed by atoms with Gasteiger partial charge in [-0.3, -0.25) is 0 Å². The summed E-state index contributed by atoms with van der Waals surface area (Å²) in [4.78, 5) is 8.59. The first kappa shape index (κ1) is 14.1. The second-order valence-electron chi connectivity index (χ2n) is 6.19. The molecule has 1 heterocycles. The molecule has 19 heavy (non-hydrogen) atoms. The maximum absolute atomic E-state index is 5.53. The van der Waals surface area contributed by atoms with Gasteiger partial charge in [0.05, 0.1) is 0 Å². The van der Waals surface area contributed by atoms with Crippen LogP contribution in [0.4, 0.5) is 11.6 Å². The number of hydrazine groups is 1. The molecule has 0 aliphatic heterocycles. The predicted molar refractivity (Wildman–Crippen MR) is 78.9 cm³/mol. The molecule has 0 bridgehead atoms. The molecule has 1 aromatic heterocycles. The Kier molecular flexibility index (Phi) is 4.24. The number of nitrogens with zero attached hydrogens (tertiary/aromatic N) is 2. The number of hydrogen-bond acceptors (Lipinski definition) is 5. The highest BCUT2D eigenvalue weighted by molar-refractivity contribution is 5.57. The van der Waals surface area contributed by atoms with Crippen molar-refractivity contribution in [3.8, 4) is 0 Å². The van der Waals surface area contributed by atoms with Gasteiger partial charge in [-0.05, 0) is 31.1 Å². The summed E-state index contributed by atoms with van der Waals surface area (Å²) in [6.07, 6.45) is 7.20. The summed E-state index contributed by atoms with van der Waals surface area (Å²) in [7, 11) is 0. The van der Waals surface area contributed by atoms with E-state index in [9.17, 15) is 0 Å². The molecule has 1 aliphatic carbocycles. The summed E-state index contributed by atoms with van der Waals surface area (Å²) in [6, 6.07) is 0.506. The molecule has 1 unspecified atom stereocenters. The van der Waals surface area contributed by atoms with Gasteiger partial charge in [0.1, 0.15) is 18.0 Å². The van der Waals surface area contributed by atoms with Gasteiger partial charge in [-0.25, -0.2) is 15.8 Å². The van der Waals surface area contributed by atoms with Crippen LogP contribution in [-0.4, -0.2) is 16.0 Å². The lowest BCUT2D eigenvalue weighted by atomic mass is 9.92. The average molecular weight is 263 g/mol. The van der Waals surface area contributed by atoms with Gasteiger partial charge in [-0.2, -0.15) is 0 Å². The maximum atomic E-state index is 5.53. The van der Waals surface area contributed by atoms with Crippen LogP contribution in [-0.2, 0) is 6.42 Å². The number of nitrogens with two attached hydrogens (primary N) is 1. The highest BCUT2D eigenvalue weighted by atomic mass is 15.3. The van der Waals surface area contributed by atoms with Crippen molar-refractivity contribution in [1.29, 1.82) is 0 Å². The van der Waals surface area contributed by atoms with Crippen molar-refractivity contribution in [2.75, 3.05) is 10.7 Å². The van der Waals surface area contributed by atoms with Crippen molar-refractivity contribution < 1.29 is 0 Å². The van der Waals surface area contributed by atoms with Crippen LogP contribution < -0.4 is 16.6 Å². The molecule has 4 N–H and O–H groups in total. The first-order valence-electron chi connectivity index (χ1n) is 7.13. The van der Waals surface area contributed by atoms with Gasteiger partial charge in [0.2, 0.25) is 0 Å². The molecule has 1 atom stereocenters. The van der Waals surface area contributed by atoms with Crippen molar-refractivity contribution >= 4 is 11.6 Å². The van der Waals surface area contributed by atoms with Gasteiger partial charge in [0.15, 0.2) is 0 Å². The quantitative estimate of drug-likeness (QED) is 0.562. The topological polar surface area (TPSA) is 75.9 Å². The molecule has 0 amide bonds. The van der Waals surface area contributed by atoms with E-state index in [2.05, 4.69) is 41.5 Å². The first-order valence-corrected chi connectivity index (χ1v) is 7.13. The smallest absolute Gasteiger partial charge is 0.148 e. The van der Waals surface area contributed by atoms with Crippen LogP contribution in [0.5, 0.6) is 0 Å². The van der Waals surface area contributed by atoms with Gasteiger partial charge < -0.3 is 10.7 Å². The van der Waals surface area contributed by atoms with Gasteiger partial charge in [0.25, 0.3) is 0 Å². The van der Waals surface area contributed by atoms with Crippen molar-refractivity contribution in [2.45, 2.75) is 58.9 Å². The fraction of sp³-hybridized carbons (Fsp3) is 0.714. The molecule has 0 radical (unpaired) electrons. The van der Waals surface area contributed by atoms with E-state index < -0.39 is 0 Å². The second kappa shape index (κ2) is 5.74. The van der Waals surface area contributed by atoms with Gasteiger partial charge in [-0.15, -0.1) is 0 Å². The molecule has 2 rings (SSSR count). The summed E-state index contributed by atoms with van der Waals surface area (Å²) in [5.74, 6) is 7.20. The summed E-state index contributed by atoms with van der Waals surface area (Å²) in [6.45, 7) is 6.80. The number of hydrogen-bond donors (Lipinski definition) is 3.